The zero-order valence-electron chi connectivity index (χ0n) is 7.94. The van der Waals surface area contributed by atoms with Gasteiger partial charge < -0.3 is 11.1 Å². The lowest BCUT2D eigenvalue weighted by molar-refractivity contribution is -0.119. The van der Waals surface area contributed by atoms with Crippen molar-refractivity contribution in [2.45, 2.75) is 24.9 Å². The van der Waals surface area contributed by atoms with E-state index in [0.29, 0.717) is 0 Å². The van der Waals surface area contributed by atoms with E-state index in [1.54, 1.807) is 13.8 Å². The second kappa shape index (κ2) is 4.88. The van der Waals surface area contributed by atoms with Crippen LogP contribution in [0.1, 0.15) is 13.8 Å². The highest BCUT2D eigenvalue weighted by atomic mass is 32.2. The summed E-state index contributed by atoms with van der Waals surface area (Å²) in [7, 11) is 0. The first-order valence-electron chi connectivity index (χ1n) is 3.86. The van der Waals surface area contributed by atoms with E-state index in [0.717, 1.165) is 0 Å². The molecule has 3 N–H and O–H groups in total. The minimum Gasteiger partial charge on any atom is -0.354 e. The van der Waals surface area contributed by atoms with Crippen molar-refractivity contribution in [2.24, 2.45) is 5.73 Å². The summed E-state index contributed by atoms with van der Waals surface area (Å²) < 4.78 is 34.9. The molecule has 0 saturated heterocycles. The molecule has 0 spiro atoms. The van der Waals surface area contributed by atoms with Crippen LogP contribution >= 0.6 is 11.8 Å². The third-order valence-electron chi connectivity index (χ3n) is 1.11. The van der Waals surface area contributed by atoms with Gasteiger partial charge in [0, 0.05) is 12.1 Å². The van der Waals surface area contributed by atoms with Crippen LogP contribution in [-0.2, 0) is 4.79 Å². The van der Waals surface area contributed by atoms with Crippen molar-refractivity contribution < 1.29 is 18.0 Å². The molecule has 0 unspecified atom stereocenters. The Bertz CT molecular complexity index is 180. The minimum atomic E-state index is -4.37. The molecular weight excluding hydrogens is 217 g/mol. The molecule has 0 aromatic rings. The van der Waals surface area contributed by atoms with Gasteiger partial charge in [-0.1, -0.05) is 0 Å². The Balaban J connectivity index is 3.68. The summed E-state index contributed by atoms with van der Waals surface area (Å²) in [5, 5.41) is 2.31. The smallest absolute Gasteiger partial charge is 0.354 e. The zero-order chi connectivity index (χ0) is 11.4. The quantitative estimate of drug-likeness (QED) is 0.760. The zero-order valence-corrected chi connectivity index (χ0v) is 8.76. The van der Waals surface area contributed by atoms with Gasteiger partial charge in [-0.3, -0.25) is 4.79 Å². The Morgan fingerprint density at radius 1 is 1.43 bits per heavy atom. The third kappa shape index (κ3) is 9.66. The number of nitrogens with two attached hydrogens (primary N) is 1. The van der Waals surface area contributed by atoms with Crippen LogP contribution in [0, 0.1) is 0 Å². The van der Waals surface area contributed by atoms with Crippen LogP contribution in [0.25, 0.3) is 0 Å². The van der Waals surface area contributed by atoms with Crippen LogP contribution in [0.4, 0.5) is 13.2 Å². The first kappa shape index (κ1) is 13.6. The lowest BCUT2D eigenvalue weighted by Crippen LogP contribution is -2.45. The Labute approximate surface area is 84.6 Å². The van der Waals surface area contributed by atoms with Gasteiger partial charge in [-0.25, -0.2) is 0 Å². The molecular formula is C7H13F3N2OS. The fourth-order valence-electron chi connectivity index (χ4n) is 0.525. The van der Waals surface area contributed by atoms with Crippen LogP contribution < -0.4 is 11.1 Å². The summed E-state index contributed by atoms with van der Waals surface area (Å²) >= 11 is -0.361. The fourth-order valence-corrected chi connectivity index (χ4v) is 0.922. The van der Waals surface area contributed by atoms with E-state index in [1.165, 1.54) is 0 Å². The van der Waals surface area contributed by atoms with Crippen LogP contribution in [0.15, 0.2) is 0 Å². The van der Waals surface area contributed by atoms with Crippen molar-refractivity contribution >= 4 is 17.7 Å². The standard InChI is InChI=1S/C7H13F3N2OS/c1-6(2,11)4-12-5(13)3-14-7(8,9)10/h3-4,11H2,1-2H3,(H,12,13). The van der Waals surface area contributed by atoms with Crippen LogP contribution in [-0.4, -0.2) is 29.3 Å². The van der Waals surface area contributed by atoms with E-state index >= 15 is 0 Å². The molecule has 0 fully saturated rings. The predicted molar refractivity (Wildman–Crippen MR) is 49.8 cm³/mol. The van der Waals surface area contributed by atoms with Crippen molar-refractivity contribution in [3.05, 3.63) is 0 Å². The van der Waals surface area contributed by atoms with Crippen LogP contribution in [0.3, 0.4) is 0 Å². The van der Waals surface area contributed by atoms with Gasteiger partial charge in [-0.15, -0.1) is 0 Å². The molecule has 0 rings (SSSR count). The van der Waals surface area contributed by atoms with E-state index in [4.69, 9.17) is 5.73 Å². The first-order valence-corrected chi connectivity index (χ1v) is 4.85. The highest BCUT2D eigenvalue weighted by Gasteiger charge is 2.29. The minimum absolute atomic E-state index is 0.157. The van der Waals surface area contributed by atoms with Gasteiger partial charge in [-0.05, 0) is 25.6 Å². The number of amides is 1. The van der Waals surface area contributed by atoms with Gasteiger partial charge in [0.2, 0.25) is 5.91 Å². The summed E-state index contributed by atoms with van der Waals surface area (Å²) in [6.45, 7) is 3.50. The van der Waals surface area contributed by atoms with Gasteiger partial charge in [-0.2, -0.15) is 13.2 Å². The van der Waals surface area contributed by atoms with Crippen LogP contribution in [0.2, 0.25) is 0 Å². The van der Waals surface area contributed by atoms with E-state index in [-0.39, 0.29) is 18.3 Å². The SMILES string of the molecule is CC(C)(N)CNC(=O)CSC(F)(F)F. The van der Waals surface area contributed by atoms with E-state index in [2.05, 4.69) is 5.32 Å². The molecule has 0 radical (unpaired) electrons. The van der Waals surface area contributed by atoms with Gasteiger partial charge in [0.25, 0.3) is 0 Å². The van der Waals surface area contributed by atoms with Crippen molar-refractivity contribution in [3.8, 4) is 0 Å². The van der Waals surface area contributed by atoms with Gasteiger partial charge in [0.15, 0.2) is 0 Å². The Kier molecular flexibility index (Phi) is 4.73. The number of carbonyl (C=O) groups is 1. The summed E-state index contributed by atoms with van der Waals surface area (Å²) in [5.41, 5.74) is 0.544. The predicted octanol–water partition coefficient (Wildman–Crippen LogP) is 1.09. The molecule has 0 aliphatic carbocycles. The summed E-state index contributed by atoms with van der Waals surface area (Å²) in [6, 6.07) is 0. The van der Waals surface area contributed by atoms with Gasteiger partial charge >= 0.3 is 5.51 Å². The summed E-state index contributed by atoms with van der Waals surface area (Å²) in [6.07, 6.45) is 0. The first-order chi connectivity index (χ1) is 6.10. The molecule has 14 heavy (non-hydrogen) atoms. The topological polar surface area (TPSA) is 55.1 Å². The molecule has 0 aromatic carbocycles. The number of halogens is 3. The number of hydrogen-bond acceptors (Lipinski definition) is 3. The van der Waals surface area contributed by atoms with E-state index in [1.807, 2.05) is 0 Å². The fraction of sp³-hybridized carbons (Fsp3) is 0.857. The molecule has 0 bridgehead atoms. The average molecular weight is 230 g/mol. The monoisotopic (exact) mass is 230 g/mol. The molecule has 7 heteroatoms. The van der Waals surface area contributed by atoms with Crippen molar-refractivity contribution in [1.29, 1.82) is 0 Å². The Morgan fingerprint density at radius 2 is 1.93 bits per heavy atom. The second-order valence-corrected chi connectivity index (χ2v) is 4.54. The number of thioether (sulfide) groups is 1. The largest absolute Gasteiger partial charge is 0.442 e. The van der Waals surface area contributed by atoms with E-state index < -0.39 is 22.7 Å². The highest BCUT2D eigenvalue weighted by molar-refractivity contribution is 8.00. The number of hydrogen-bond donors (Lipinski definition) is 2. The van der Waals surface area contributed by atoms with E-state index in [9.17, 15) is 18.0 Å². The maximum Gasteiger partial charge on any atom is 0.442 e. The molecule has 0 heterocycles. The molecule has 0 saturated carbocycles. The van der Waals surface area contributed by atoms with Gasteiger partial charge in [0.1, 0.15) is 0 Å². The molecule has 1 amide bonds. The molecule has 0 aromatic heterocycles. The second-order valence-electron chi connectivity index (χ2n) is 3.50. The molecule has 0 aliphatic heterocycles. The average Bonchev–Trinajstić information content (AvgIpc) is 1.94. The van der Waals surface area contributed by atoms with Crippen LogP contribution in [0.5, 0.6) is 0 Å². The maximum absolute atomic E-state index is 11.6. The normalized spacial score (nSPS) is 12.7. The summed E-state index contributed by atoms with van der Waals surface area (Å²) in [4.78, 5) is 10.8. The van der Waals surface area contributed by atoms with Gasteiger partial charge in [0.05, 0.1) is 5.75 Å². The maximum atomic E-state index is 11.6. The third-order valence-corrected chi connectivity index (χ3v) is 1.84. The lowest BCUT2D eigenvalue weighted by Gasteiger charge is -2.18. The molecule has 0 aliphatic rings. The number of carbonyl (C=O) groups excluding carboxylic acids is 1. The van der Waals surface area contributed by atoms with Crippen molar-refractivity contribution in [3.63, 3.8) is 0 Å². The Hall–Kier alpha value is -0.430. The van der Waals surface area contributed by atoms with Crippen molar-refractivity contribution in [2.75, 3.05) is 12.3 Å². The molecule has 0 atom stereocenters. The number of nitrogens with one attached hydrogen (secondary N) is 1. The highest BCUT2D eigenvalue weighted by Crippen LogP contribution is 2.29. The molecule has 84 valence electrons. The Morgan fingerprint density at radius 3 is 2.29 bits per heavy atom. The lowest BCUT2D eigenvalue weighted by atomic mass is 10.1. The van der Waals surface area contributed by atoms with Crippen molar-refractivity contribution in [1.82, 2.24) is 5.32 Å². The number of alkyl halides is 3. The number of rotatable bonds is 4. The summed E-state index contributed by atoms with van der Waals surface area (Å²) in [5.74, 6) is -1.29. The molecule has 3 nitrogen and oxygen atoms in total.